The Morgan fingerprint density at radius 1 is 1.00 bits per heavy atom. The van der Waals surface area contributed by atoms with E-state index in [2.05, 4.69) is 6.92 Å². The first-order valence-corrected chi connectivity index (χ1v) is 6.77. The summed E-state index contributed by atoms with van der Waals surface area (Å²) < 4.78 is 10.7. The Labute approximate surface area is 119 Å². The monoisotopic (exact) mass is 270 g/mol. The number of rotatable bonds is 5. The zero-order valence-corrected chi connectivity index (χ0v) is 11.8. The fourth-order valence-corrected chi connectivity index (χ4v) is 1.84. The lowest BCUT2D eigenvalue weighted by Gasteiger charge is -2.07. The number of hydrogen-bond donors (Lipinski definition) is 0. The van der Waals surface area contributed by atoms with Crippen LogP contribution in [0.15, 0.2) is 48.5 Å². The third-order valence-corrected chi connectivity index (χ3v) is 2.92. The van der Waals surface area contributed by atoms with Gasteiger partial charge in [-0.1, -0.05) is 25.1 Å². The van der Waals surface area contributed by atoms with E-state index in [0.717, 1.165) is 6.42 Å². The van der Waals surface area contributed by atoms with Gasteiger partial charge in [-0.2, -0.15) is 0 Å². The van der Waals surface area contributed by atoms with Crippen molar-refractivity contribution in [2.24, 2.45) is 0 Å². The topological polar surface area (TPSA) is 35.5 Å². The minimum Gasteiger partial charge on any atom is -0.494 e. The highest BCUT2D eigenvalue weighted by Gasteiger charge is 2.09. The molecule has 2 rings (SSSR count). The molecule has 2 aromatic rings. The van der Waals surface area contributed by atoms with E-state index in [1.54, 1.807) is 18.2 Å². The molecule has 20 heavy (non-hydrogen) atoms. The van der Waals surface area contributed by atoms with Crippen LogP contribution < -0.4 is 9.47 Å². The fraction of sp³-hybridized carbons (Fsp3) is 0.235. The first-order valence-electron chi connectivity index (χ1n) is 6.77. The first kappa shape index (κ1) is 14.1. The minimum atomic E-state index is -0.379. The molecule has 0 amide bonds. The third kappa shape index (κ3) is 3.60. The van der Waals surface area contributed by atoms with E-state index in [1.807, 2.05) is 37.3 Å². The summed E-state index contributed by atoms with van der Waals surface area (Å²) in [6.07, 6.45) is 0.963. The van der Waals surface area contributed by atoms with Crippen LogP contribution in [-0.4, -0.2) is 12.6 Å². The van der Waals surface area contributed by atoms with Crippen molar-refractivity contribution in [1.29, 1.82) is 0 Å². The van der Waals surface area contributed by atoms with Gasteiger partial charge in [-0.25, -0.2) is 4.79 Å². The van der Waals surface area contributed by atoms with Crippen LogP contribution in [0.1, 0.15) is 29.8 Å². The van der Waals surface area contributed by atoms with Crippen LogP contribution in [0.25, 0.3) is 0 Å². The Bertz CT molecular complexity index is 573. The average Bonchev–Trinajstić information content (AvgIpc) is 2.48. The highest BCUT2D eigenvalue weighted by molar-refractivity contribution is 5.91. The highest BCUT2D eigenvalue weighted by Crippen LogP contribution is 2.17. The number of carbonyl (C=O) groups excluding carboxylic acids is 1. The SMILES string of the molecule is CCOc1cccc(C(=O)Oc2ccc(CC)cc2)c1. The number of carbonyl (C=O) groups is 1. The van der Waals surface area contributed by atoms with Crippen LogP contribution in [0.5, 0.6) is 11.5 Å². The maximum absolute atomic E-state index is 12.0. The number of ether oxygens (including phenoxy) is 2. The fourth-order valence-electron chi connectivity index (χ4n) is 1.84. The van der Waals surface area contributed by atoms with Crippen LogP contribution >= 0.6 is 0 Å². The van der Waals surface area contributed by atoms with Crippen molar-refractivity contribution in [3.8, 4) is 11.5 Å². The molecule has 0 unspecified atom stereocenters. The quantitative estimate of drug-likeness (QED) is 0.611. The average molecular weight is 270 g/mol. The Morgan fingerprint density at radius 2 is 1.75 bits per heavy atom. The molecular formula is C17H18O3. The van der Waals surface area contributed by atoms with E-state index >= 15 is 0 Å². The highest BCUT2D eigenvalue weighted by atomic mass is 16.5. The Kier molecular flexibility index (Phi) is 4.77. The van der Waals surface area contributed by atoms with Gasteiger partial charge in [-0.3, -0.25) is 0 Å². The van der Waals surface area contributed by atoms with Gasteiger partial charge >= 0.3 is 5.97 Å². The molecule has 3 nitrogen and oxygen atoms in total. The normalized spacial score (nSPS) is 10.1. The molecule has 0 spiro atoms. The lowest BCUT2D eigenvalue weighted by Crippen LogP contribution is -2.08. The molecule has 0 aliphatic heterocycles. The second kappa shape index (κ2) is 6.75. The van der Waals surface area contributed by atoms with E-state index < -0.39 is 0 Å². The van der Waals surface area contributed by atoms with Crippen molar-refractivity contribution in [1.82, 2.24) is 0 Å². The standard InChI is InChI=1S/C17H18O3/c1-3-13-8-10-15(11-9-13)20-17(18)14-6-5-7-16(12-14)19-4-2/h5-12H,3-4H2,1-2H3. The first-order chi connectivity index (χ1) is 9.72. The molecule has 104 valence electrons. The molecule has 0 fully saturated rings. The van der Waals surface area contributed by atoms with Gasteiger partial charge in [0.05, 0.1) is 12.2 Å². The van der Waals surface area contributed by atoms with Gasteiger partial charge < -0.3 is 9.47 Å². The van der Waals surface area contributed by atoms with Gasteiger partial charge in [-0.05, 0) is 49.2 Å². The molecule has 0 saturated heterocycles. The van der Waals surface area contributed by atoms with Crippen LogP contribution in [0.3, 0.4) is 0 Å². The molecular weight excluding hydrogens is 252 g/mol. The molecule has 0 saturated carbocycles. The summed E-state index contributed by atoms with van der Waals surface area (Å²) in [5.41, 5.74) is 1.69. The van der Waals surface area contributed by atoms with E-state index in [-0.39, 0.29) is 5.97 Å². The smallest absolute Gasteiger partial charge is 0.343 e. The van der Waals surface area contributed by atoms with Crippen molar-refractivity contribution in [2.75, 3.05) is 6.61 Å². The Hall–Kier alpha value is -2.29. The van der Waals surface area contributed by atoms with Gasteiger partial charge in [0.1, 0.15) is 11.5 Å². The van der Waals surface area contributed by atoms with Crippen LogP contribution in [-0.2, 0) is 6.42 Å². The summed E-state index contributed by atoms with van der Waals surface area (Å²) in [4.78, 5) is 12.0. The summed E-state index contributed by atoms with van der Waals surface area (Å²) in [5, 5.41) is 0. The van der Waals surface area contributed by atoms with Crippen molar-refractivity contribution in [3.05, 3.63) is 59.7 Å². The van der Waals surface area contributed by atoms with E-state index in [1.165, 1.54) is 5.56 Å². The summed E-state index contributed by atoms with van der Waals surface area (Å²) in [7, 11) is 0. The second-order valence-corrected chi connectivity index (χ2v) is 4.35. The van der Waals surface area contributed by atoms with E-state index in [9.17, 15) is 4.79 Å². The summed E-state index contributed by atoms with van der Waals surface area (Å²) in [6, 6.07) is 14.5. The zero-order chi connectivity index (χ0) is 14.4. The summed E-state index contributed by atoms with van der Waals surface area (Å²) in [6.45, 7) is 4.55. The number of aryl methyl sites for hydroxylation is 1. The molecule has 0 N–H and O–H groups in total. The Balaban J connectivity index is 2.08. The van der Waals surface area contributed by atoms with Crippen LogP contribution in [0, 0.1) is 0 Å². The molecule has 0 radical (unpaired) electrons. The van der Waals surface area contributed by atoms with Crippen molar-refractivity contribution >= 4 is 5.97 Å². The summed E-state index contributed by atoms with van der Waals surface area (Å²) in [5.74, 6) is 0.841. The van der Waals surface area contributed by atoms with Crippen LogP contribution in [0.4, 0.5) is 0 Å². The van der Waals surface area contributed by atoms with Gasteiger partial charge in [0.2, 0.25) is 0 Å². The predicted molar refractivity (Wildman–Crippen MR) is 78.4 cm³/mol. The number of hydrogen-bond acceptors (Lipinski definition) is 3. The number of esters is 1. The Morgan fingerprint density at radius 3 is 2.40 bits per heavy atom. The van der Waals surface area contributed by atoms with Crippen molar-refractivity contribution < 1.29 is 14.3 Å². The molecule has 0 bridgehead atoms. The van der Waals surface area contributed by atoms with E-state index in [0.29, 0.717) is 23.7 Å². The van der Waals surface area contributed by atoms with Gasteiger partial charge in [0.25, 0.3) is 0 Å². The molecule has 0 aliphatic rings. The molecule has 2 aromatic carbocycles. The zero-order valence-electron chi connectivity index (χ0n) is 11.8. The largest absolute Gasteiger partial charge is 0.494 e. The van der Waals surface area contributed by atoms with E-state index in [4.69, 9.17) is 9.47 Å². The maximum Gasteiger partial charge on any atom is 0.343 e. The second-order valence-electron chi connectivity index (χ2n) is 4.35. The lowest BCUT2D eigenvalue weighted by molar-refractivity contribution is 0.0734. The maximum atomic E-state index is 12.0. The molecule has 0 heterocycles. The number of benzene rings is 2. The summed E-state index contributed by atoms with van der Waals surface area (Å²) >= 11 is 0. The lowest BCUT2D eigenvalue weighted by atomic mass is 10.2. The molecule has 0 aromatic heterocycles. The third-order valence-electron chi connectivity index (χ3n) is 2.92. The van der Waals surface area contributed by atoms with Crippen molar-refractivity contribution in [2.45, 2.75) is 20.3 Å². The van der Waals surface area contributed by atoms with Crippen LogP contribution in [0.2, 0.25) is 0 Å². The van der Waals surface area contributed by atoms with Gasteiger partial charge in [0.15, 0.2) is 0 Å². The molecule has 3 heteroatoms. The predicted octanol–water partition coefficient (Wildman–Crippen LogP) is 3.87. The van der Waals surface area contributed by atoms with Gasteiger partial charge in [0, 0.05) is 0 Å². The molecule has 0 atom stereocenters. The van der Waals surface area contributed by atoms with Crippen molar-refractivity contribution in [3.63, 3.8) is 0 Å². The van der Waals surface area contributed by atoms with Gasteiger partial charge in [-0.15, -0.1) is 0 Å². The molecule has 0 aliphatic carbocycles. The minimum absolute atomic E-state index is 0.379.